The molecule has 0 atom stereocenters. The van der Waals surface area contributed by atoms with E-state index in [2.05, 4.69) is 12.5 Å². The number of unbranched alkanes of at least 4 members (excludes halogenated alkanes) is 1. The number of terminal acetylenes is 1. The van der Waals surface area contributed by atoms with Crippen molar-refractivity contribution in [2.24, 2.45) is 0 Å². The van der Waals surface area contributed by atoms with Crippen LogP contribution in [-0.4, -0.2) is 6.61 Å². The topological polar surface area (TPSA) is 9.23 Å². The second-order valence-corrected chi connectivity index (χ2v) is 2.92. The van der Waals surface area contributed by atoms with Crippen LogP contribution in [0.25, 0.3) is 0 Å². The van der Waals surface area contributed by atoms with E-state index in [9.17, 15) is 0 Å². The lowest BCUT2D eigenvalue weighted by Gasteiger charge is -2.06. The Morgan fingerprint density at radius 1 is 1.43 bits per heavy atom. The van der Waals surface area contributed by atoms with E-state index in [1.807, 2.05) is 30.3 Å². The SMILES string of the molecule is C#Cc1ccccc1OCCCC=C. The Morgan fingerprint density at radius 2 is 2.21 bits per heavy atom. The molecule has 0 aliphatic rings. The molecule has 0 saturated heterocycles. The molecule has 0 aliphatic heterocycles. The van der Waals surface area contributed by atoms with Gasteiger partial charge in [0.25, 0.3) is 0 Å². The van der Waals surface area contributed by atoms with Gasteiger partial charge in [-0.2, -0.15) is 0 Å². The number of benzene rings is 1. The van der Waals surface area contributed by atoms with E-state index in [-0.39, 0.29) is 0 Å². The van der Waals surface area contributed by atoms with Crippen LogP contribution in [0.4, 0.5) is 0 Å². The van der Waals surface area contributed by atoms with Crippen LogP contribution in [0.1, 0.15) is 18.4 Å². The molecule has 0 fully saturated rings. The Kier molecular flexibility index (Phi) is 4.37. The molecule has 0 N–H and O–H groups in total. The molecule has 0 radical (unpaired) electrons. The van der Waals surface area contributed by atoms with Gasteiger partial charge in [-0.15, -0.1) is 13.0 Å². The van der Waals surface area contributed by atoms with Crippen molar-refractivity contribution < 1.29 is 4.74 Å². The number of hydrogen-bond donors (Lipinski definition) is 0. The maximum atomic E-state index is 5.54. The predicted molar refractivity (Wildman–Crippen MR) is 59.3 cm³/mol. The van der Waals surface area contributed by atoms with Crippen LogP contribution < -0.4 is 4.74 Å². The first-order valence-electron chi connectivity index (χ1n) is 4.68. The fraction of sp³-hybridized carbons (Fsp3) is 0.231. The highest BCUT2D eigenvalue weighted by Gasteiger charge is 1.98. The summed E-state index contributed by atoms with van der Waals surface area (Å²) in [5.41, 5.74) is 0.811. The molecule has 1 rings (SSSR count). The molecule has 0 unspecified atom stereocenters. The minimum absolute atomic E-state index is 0.685. The number of rotatable bonds is 5. The van der Waals surface area contributed by atoms with Crippen molar-refractivity contribution in [3.63, 3.8) is 0 Å². The highest BCUT2D eigenvalue weighted by molar-refractivity contribution is 5.44. The molecule has 0 saturated carbocycles. The van der Waals surface area contributed by atoms with Crippen molar-refractivity contribution in [3.05, 3.63) is 42.5 Å². The van der Waals surface area contributed by atoms with E-state index >= 15 is 0 Å². The molecule has 1 nitrogen and oxygen atoms in total. The van der Waals surface area contributed by atoms with Gasteiger partial charge in [-0.3, -0.25) is 0 Å². The van der Waals surface area contributed by atoms with Gasteiger partial charge < -0.3 is 4.74 Å². The van der Waals surface area contributed by atoms with Gasteiger partial charge in [-0.05, 0) is 25.0 Å². The van der Waals surface area contributed by atoms with Crippen molar-refractivity contribution in [2.45, 2.75) is 12.8 Å². The van der Waals surface area contributed by atoms with E-state index in [4.69, 9.17) is 11.2 Å². The van der Waals surface area contributed by atoms with Crippen molar-refractivity contribution in [2.75, 3.05) is 6.61 Å². The molecule has 1 aromatic carbocycles. The number of para-hydroxylation sites is 1. The highest BCUT2D eigenvalue weighted by Crippen LogP contribution is 2.16. The molecule has 0 amide bonds. The quantitative estimate of drug-likeness (QED) is 0.390. The smallest absolute Gasteiger partial charge is 0.134 e. The molecule has 0 aliphatic carbocycles. The fourth-order valence-electron chi connectivity index (χ4n) is 1.12. The predicted octanol–water partition coefficient (Wildman–Crippen LogP) is 3.01. The fourth-order valence-corrected chi connectivity index (χ4v) is 1.12. The molecule has 1 heteroatoms. The first kappa shape index (κ1) is 10.4. The summed E-state index contributed by atoms with van der Waals surface area (Å²) in [5, 5.41) is 0. The van der Waals surface area contributed by atoms with Gasteiger partial charge in [-0.25, -0.2) is 0 Å². The molecule has 0 spiro atoms. The average Bonchev–Trinajstić information content (AvgIpc) is 2.25. The zero-order chi connectivity index (χ0) is 10.2. The highest BCUT2D eigenvalue weighted by atomic mass is 16.5. The summed E-state index contributed by atoms with van der Waals surface area (Å²) in [4.78, 5) is 0. The zero-order valence-corrected chi connectivity index (χ0v) is 8.20. The van der Waals surface area contributed by atoms with Crippen LogP contribution in [0.3, 0.4) is 0 Å². The molecule has 1 aromatic rings. The van der Waals surface area contributed by atoms with Gasteiger partial charge in [0, 0.05) is 0 Å². The zero-order valence-electron chi connectivity index (χ0n) is 8.20. The molecular weight excluding hydrogens is 172 g/mol. The molecule has 0 bridgehead atoms. The second kappa shape index (κ2) is 5.88. The molecular formula is C13H14O. The van der Waals surface area contributed by atoms with Gasteiger partial charge in [0.1, 0.15) is 5.75 Å². The van der Waals surface area contributed by atoms with E-state index in [0.29, 0.717) is 6.61 Å². The summed E-state index contributed by atoms with van der Waals surface area (Å²) in [6, 6.07) is 7.60. The van der Waals surface area contributed by atoms with E-state index in [1.165, 1.54) is 0 Å². The molecule has 0 heterocycles. The molecule has 72 valence electrons. The van der Waals surface area contributed by atoms with Crippen LogP contribution >= 0.6 is 0 Å². The number of hydrogen-bond acceptors (Lipinski definition) is 1. The Bertz CT molecular complexity index is 333. The summed E-state index contributed by atoms with van der Waals surface area (Å²) in [6.07, 6.45) is 9.17. The van der Waals surface area contributed by atoms with Gasteiger partial charge in [0.2, 0.25) is 0 Å². The lowest BCUT2D eigenvalue weighted by molar-refractivity contribution is 0.311. The Balaban J connectivity index is 2.50. The minimum atomic E-state index is 0.685. The maximum absolute atomic E-state index is 5.54. The molecule has 0 aromatic heterocycles. The normalized spacial score (nSPS) is 9.07. The first-order valence-corrected chi connectivity index (χ1v) is 4.68. The number of allylic oxidation sites excluding steroid dienone is 1. The van der Waals surface area contributed by atoms with E-state index < -0.39 is 0 Å². The van der Waals surface area contributed by atoms with Crippen molar-refractivity contribution in [1.29, 1.82) is 0 Å². The van der Waals surface area contributed by atoms with Crippen LogP contribution in [0.5, 0.6) is 5.75 Å². The van der Waals surface area contributed by atoms with Gasteiger partial charge >= 0.3 is 0 Å². The van der Waals surface area contributed by atoms with Crippen LogP contribution in [0.15, 0.2) is 36.9 Å². The first-order chi connectivity index (χ1) is 6.88. The molecule has 14 heavy (non-hydrogen) atoms. The van der Waals surface area contributed by atoms with Crippen molar-refractivity contribution in [3.8, 4) is 18.1 Å². The summed E-state index contributed by atoms with van der Waals surface area (Å²) in [5.74, 6) is 3.38. The standard InChI is InChI=1S/C13H14O/c1-3-5-8-11-14-13-10-7-6-9-12(13)4-2/h2-3,6-7,9-10H,1,5,8,11H2. The van der Waals surface area contributed by atoms with Crippen molar-refractivity contribution in [1.82, 2.24) is 0 Å². The number of ether oxygens (including phenoxy) is 1. The maximum Gasteiger partial charge on any atom is 0.134 e. The summed E-state index contributed by atoms with van der Waals surface area (Å²) in [6.45, 7) is 4.34. The van der Waals surface area contributed by atoms with Crippen LogP contribution in [-0.2, 0) is 0 Å². The lowest BCUT2D eigenvalue weighted by atomic mass is 10.2. The summed E-state index contributed by atoms with van der Waals surface area (Å²) < 4.78 is 5.54. The lowest BCUT2D eigenvalue weighted by Crippen LogP contribution is -1.98. The van der Waals surface area contributed by atoms with E-state index in [0.717, 1.165) is 24.2 Å². The minimum Gasteiger partial charge on any atom is -0.492 e. The van der Waals surface area contributed by atoms with Crippen LogP contribution in [0.2, 0.25) is 0 Å². The third-order valence-electron chi connectivity index (χ3n) is 1.85. The van der Waals surface area contributed by atoms with Crippen LogP contribution in [0, 0.1) is 12.3 Å². The second-order valence-electron chi connectivity index (χ2n) is 2.92. The summed E-state index contributed by atoms with van der Waals surface area (Å²) >= 11 is 0. The van der Waals surface area contributed by atoms with Gasteiger partial charge in [0.05, 0.1) is 12.2 Å². The Labute approximate surface area is 85.4 Å². The van der Waals surface area contributed by atoms with Gasteiger partial charge in [0.15, 0.2) is 0 Å². The average molecular weight is 186 g/mol. The van der Waals surface area contributed by atoms with Crippen molar-refractivity contribution >= 4 is 0 Å². The Hall–Kier alpha value is -1.68. The van der Waals surface area contributed by atoms with E-state index in [1.54, 1.807) is 0 Å². The third kappa shape index (κ3) is 2.99. The largest absolute Gasteiger partial charge is 0.492 e. The third-order valence-corrected chi connectivity index (χ3v) is 1.85. The monoisotopic (exact) mass is 186 g/mol. The summed E-state index contributed by atoms with van der Waals surface area (Å²) in [7, 11) is 0. The van der Waals surface area contributed by atoms with Gasteiger partial charge in [-0.1, -0.05) is 24.1 Å². The Morgan fingerprint density at radius 3 is 2.93 bits per heavy atom.